The van der Waals surface area contributed by atoms with Crippen LogP contribution in [0, 0.1) is 0 Å². The molecule has 9 nitrogen and oxygen atoms in total. The first kappa shape index (κ1) is 14.4. The lowest BCUT2D eigenvalue weighted by molar-refractivity contribution is -0.138. The van der Waals surface area contributed by atoms with Crippen molar-refractivity contribution < 1.29 is 14.7 Å². The zero-order valence-electron chi connectivity index (χ0n) is 11.2. The number of urea groups is 1. The number of carboxylic acids is 1. The minimum Gasteiger partial charge on any atom is -0.481 e. The molecular formula is C12H14N6O3. The molecule has 3 N–H and O–H groups in total. The van der Waals surface area contributed by atoms with Gasteiger partial charge in [0.25, 0.3) is 5.95 Å². The number of carboxylic acid groups (broad SMARTS) is 1. The Kier molecular flexibility index (Phi) is 4.44. The van der Waals surface area contributed by atoms with Crippen LogP contribution in [0.2, 0.25) is 0 Å². The van der Waals surface area contributed by atoms with Crippen LogP contribution < -0.4 is 10.6 Å². The lowest BCUT2D eigenvalue weighted by Gasteiger charge is -2.13. The van der Waals surface area contributed by atoms with Gasteiger partial charge in [-0.15, -0.1) is 5.10 Å². The molecule has 1 heterocycles. The molecule has 2 amide bonds. The van der Waals surface area contributed by atoms with E-state index in [9.17, 15) is 14.7 Å². The number of amides is 2. The molecular weight excluding hydrogens is 276 g/mol. The summed E-state index contributed by atoms with van der Waals surface area (Å²) in [5, 5.41) is 25.0. The fraction of sp³-hybridized carbons (Fsp3) is 0.250. The fourth-order valence-corrected chi connectivity index (χ4v) is 1.71. The Morgan fingerprint density at radius 3 is 2.62 bits per heavy atom. The van der Waals surface area contributed by atoms with Gasteiger partial charge in [-0.2, -0.15) is 4.80 Å². The summed E-state index contributed by atoms with van der Waals surface area (Å²) in [6.07, 6.45) is 0. The maximum atomic E-state index is 11.6. The Morgan fingerprint density at radius 1 is 1.33 bits per heavy atom. The second kappa shape index (κ2) is 6.46. The first-order valence-corrected chi connectivity index (χ1v) is 6.13. The zero-order valence-corrected chi connectivity index (χ0v) is 11.2. The number of hydrogen-bond acceptors (Lipinski definition) is 5. The number of carbonyl (C=O) groups is 2. The van der Waals surface area contributed by atoms with Crippen molar-refractivity contribution in [2.24, 2.45) is 7.05 Å². The van der Waals surface area contributed by atoms with Crippen molar-refractivity contribution in [3.05, 3.63) is 35.9 Å². The van der Waals surface area contributed by atoms with Crippen molar-refractivity contribution in [3.8, 4) is 0 Å². The van der Waals surface area contributed by atoms with Crippen molar-refractivity contribution in [3.63, 3.8) is 0 Å². The van der Waals surface area contributed by atoms with E-state index in [4.69, 9.17) is 0 Å². The van der Waals surface area contributed by atoms with Crippen LogP contribution in [0.25, 0.3) is 0 Å². The molecule has 0 aliphatic heterocycles. The third-order valence-electron chi connectivity index (χ3n) is 2.70. The second-order valence-corrected chi connectivity index (χ2v) is 4.24. The highest BCUT2D eigenvalue weighted by molar-refractivity contribution is 5.87. The molecule has 1 atom stereocenters. The highest BCUT2D eigenvalue weighted by Crippen LogP contribution is 2.14. The van der Waals surface area contributed by atoms with E-state index in [1.165, 1.54) is 4.80 Å². The maximum absolute atomic E-state index is 11.6. The molecule has 1 unspecified atom stereocenters. The Bertz CT molecular complexity index is 627. The number of aromatic nitrogens is 4. The molecule has 0 radical (unpaired) electrons. The number of benzene rings is 1. The highest BCUT2D eigenvalue weighted by Gasteiger charge is 2.20. The SMILES string of the molecule is Cn1nnc(NC(=O)NCC(C(=O)O)c2ccccc2)n1. The number of anilines is 1. The van der Waals surface area contributed by atoms with E-state index < -0.39 is 17.9 Å². The van der Waals surface area contributed by atoms with E-state index >= 15 is 0 Å². The molecule has 1 aromatic heterocycles. The van der Waals surface area contributed by atoms with Crippen molar-refractivity contribution in [2.45, 2.75) is 5.92 Å². The highest BCUT2D eigenvalue weighted by atomic mass is 16.4. The van der Waals surface area contributed by atoms with E-state index in [1.54, 1.807) is 37.4 Å². The first-order chi connectivity index (χ1) is 10.1. The number of rotatable bonds is 5. The van der Waals surface area contributed by atoms with Crippen LogP contribution in [0.4, 0.5) is 10.7 Å². The number of tetrazole rings is 1. The smallest absolute Gasteiger partial charge is 0.321 e. The van der Waals surface area contributed by atoms with Gasteiger partial charge in [-0.25, -0.2) is 4.79 Å². The second-order valence-electron chi connectivity index (χ2n) is 4.24. The summed E-state index contributed by atoms with van der Waals surface area (Å²) in [4.78, 5) is 24.1. The van der Waals surface area contributed by atoms with Crippen molar-refractivity contribution in [1.29, 1.82) is 0 Å². The van der Waals surface area contributed by atoms with Crippen molar-refractivity contribution in [2.75, 3.05) is 11.9 Å². The van der Waals surface area contributed by atoms with Gasteiger partial charge in [0.2, 0.25) is 0 Å². The third kappa shape index (κ3) is 4.00. The summed E-state index contributed by atoms with van der Waals surface area (Å²) in [6, 6.07) is 8.09. The van der Waals surface area contributed by atoms with Gasteiger partial charge in [-0.3, -0.25) is 10.1 Å². The lowest BCUT2D eigenvalue weighted by atomic mass is 9.99. The van der Waals surface area contributed by atoms with Crippen molar-refractivity contribution in [1.82, 2.24) is 25.5 Å². The number of carbonyl (C=O) groups excluding carboxylic acids is 1. The van der Waals surface area contributed by atoms with Crippen LogP contribution in [0.1, 0.15) is 11.5 Å². The number of nitrogens with zero attached hydrogens (tertiary/aromatic N) is 4. The van der Waals surface area contributed by atoms with Gasteiger partial charge < -0.3 is 10.4 Å². The van der Waals surface area contributed by atoms with Crippen LogP contribution >= 0.6 is 0 Å². The summed E-state index contributed by atoms with van der Waals surface area (Å²) < 4.78 is 0. The number of aliphatic carboxylic acids is 1. The molecule has 21 heavy (non-hydrogen) atoms. The zero-order chi connectivity index (χ0) is 15.2. The Balaban J connectivity index is 1.93. The summed E-state index contributed by atoms with van der Waals surface area (Å²) in [5.41, 5.74) is 0.614. The molecule has 9 heteroatoms. The lowest BCUT2D eigenvalue weighted by Crippen LogP contribution is -2.35. The van der Waals surface area contributed by atoms with Gasteiger partial charge in [0.05, 0.1) is 13.0 Å². The summed E-state index contributed by atoms with van der Waals surface area (Å²) in [7, 11) is 1.56. The largest absolute Gasteiger partial charge is 0.481 e. The normalized spacial score (nSPS) is 11.7. The molecule has 0 spiro atoms. The summed E-state index contributed by atoms with van der Waals surface area (Å²) in [5.74, 6) is -1.80. The quantitative estimate of drug-likeness (QED) is 0.723. The van der Waals surface area contributed by atoms with Crippen molar-refractivity contribution >= 4 is 17.9 Å². The van der Waals surface area contributed by atoms with E-state index in [2.05, 4.69) is 26.0 Å². The van der Waals surface area contributed by atoms with Gasteiger partial charge in [0, 0.05) is 6.54 Å². The van der Waals surface area contributed by atoms with Crippen LogP contribution in [-0.4, -0.2) is 43.9 Å². The average molecular weight is 290 g/mol. The summed E-state index contributed by atoms with van der Waals surface area (Å²) in [6.45, 7) is -0.0502. The molecule has 0 bridgehead atoms. The monoisotopic (exact) mass is 290 g/mol. The topological polar surface area (TPSA) is 122 Å². The van der Waals surface area contributed by atoms with Crippen LogP contribution in [0.5, 0.6) is 0 Å². The molecule has 0 saturated heterocycles. The Morgan fingerprint density at radius 2 is 2.05 bits per heavy atom. The third-order valence-corrected chi connectivity index (χ3v) is 2.70. The van der Waals surface area contributed by atoms with Crippen LogP contribution in [-0.2, 0) is 11.8 Å². The van der Waals surface area contributed by atoms with Gasteiger partial charge in [0.1, 0.15) is 0 Å². The maximum Gasteiger partial charge on any atom is 0.321 e. The van der Waals surface area contributed by atoms with E-state index in [0.29, 0.717) is 5.56 Å². The number of aryl methyl sites for hydroxylation is 1. The molecule has 0 saturated carbocycles. The van der Waals surface area contributed by atoms with Gasteiger partial charge in [0.15, 0.2) is 0 Å². The number of hydrogen-bond donors (Lipinski definition) is 3. The molecule has 0 aliphatic carbocycles. The molecule has 110 valence electrons. The summed E-state index contributed by atoms with van der Waals surface area (Å²) >= 11 is 0. The molecule has 1 aromatic carbocycles. The fourth-order valence-electron chi connectivity index (χ4n) is 1.71. The first-order valence-electron chi connectivity index (χ1n) is 6.13. The van der Waals surface area contributed by atoms with E-state index in [0.717, 1.165) is 0 Å². The van der Waals surface area contributed by atoms with E-state index in [-0.39, 0.29) is 12.5 Å². The standard InChI is InChI=1S/C12H14N6O3/c1-18-16-11(15-17-18)14-12(21)13-7-9(10(19)20)8-5-3-2-4-6-8/h2-6,9H,7H2,1H3,(H,19,20)(H2,13,14,16,21). The van der Waals surface area contributed by atoms with Gasteiger partial charge in [-0.05, 0) is 10.8 Å². The van der Waals surface area contributed by atoms with Gasteiger partial charge >= 0.3 is 12.0 Å². The number of nitrogens with one attached hydrogen (secondary N) is 2. The Hall–Kier alpha value is -2.97. The van der Waals surface area contributed by atoms with Gasteiger partial charge in [-0.1, -0.05) is 35.4 Å². The van der Waals surface area contributed by atoms with E-state index in [1.807, 2.05) is 0 Å². The molecule has 2 rings (SSSR count). The predicted octanol–water partition coefficient (Wildman–Crippen LogP) is 0.200. The minimum absolute atomic E-state index is 0.0431. The molecule has 0 aliphatic rings. The van der Waals surface area contributed by atoms with Crippen LogP contribution in [0.15, 0.2) is 30.3 Å². The molecule has 2 aromatic rings. The Labute approximate surface area is 120 Å². The minimum atomic E-state index is -1.01. The average Bonchev–Trinajstić information content (AvgIpc) is 2.85. The van der Waals surface area contributed by atoms with Crippen LogP contribution in [0.3, 0.4) is 0 Å². The predicted molar refractivity (Wildman–Crippen MR) is 72.6 cm³/mol. The molecule has 0 fully saturated rings.